The lowest BCUT2D eigenvalue weighted by Gasteiger charge is -2.23. The number of aryl methyl sites for hydroxylation is 1. The Morgan fingerprint density at radius 2 is 2.00 bits per heavy atom. The summed E-state index contributed by atoms with van der Waals surface area (Å²) in [4.78, 5) is 24.9. The fraction of sp³-hybridized carbons (Fsp3) is 0.423. The van der Waals surface area contributed by atoms with E-state index in [1.165, 1.54) is 10.6 Å². The summed E-state index contributed by atoms with van der Waals surface area (Å²) >= 11 is 1.61. The molecular weight excluding hydrogens is 416 g/mol. The van der Waals surface area contributed by atoms with Crippen LogP contribution in [0, 0.1) is 17.2 Å². The monoisotopic (exact) mass is 446 g/mol. The highest BCUT2D eigenvalue weighted by atomic mass is 32.1. The fourth-order valence-corrected chi connectivity index (χ4v) is 5.87. The summed E-state index contributed by atoms with van der Waals surface area (Å²) in [7, 11) is 0. The first-order chi connectivity index (χ1) is 15.5. The average molecular weight is 447 g/mol. The van der Waals surface area contributed by atoms with E-state index in [0.717, 1.165) is 61.2 Å². The molecule has 0 amide bonds. The van der Waals surface area contributed by atoms with Crippen LogP contribution in [0.15, 0.2) is 29.1 Å². The molecule has 0 spiro atoms. The highest BCUT2D eigenvalue weighted by Crippen LogP contribution is 2.36. The molecule has 0 aliphatic heterocycles. The average Bonchev–Trinajstić information content (AvgIpc) is 3.15. The van der Waals surface area contributed by atoms with E-state index in [1.54, 1.807) is 17.4 Å². The van der Waals surface area contributed by atoms with Crippen molar-refractivity contribution in [1.29, 1.82) is 5.26 Å². The van der Waals surface area contributed by atoms with Gasteiger partial charge in [-0.15, -0.1) is 11.3 Å². The van der Waals surface area contributed by atoms with Gasteiger partial charge in [0.05, 0.1) is 11.0 Å². The van der Waals surface area contributed by atoms with Crippen LogP contribution in [0.2, 0.25) is 0 Å². The molecule has 0 fully saturated rings. The smallest absolute Gasteiger partial charge is 0.260 e. The maximum Gasteiger partial charge on any atom is 0.260 e. The van der Waals surface area contributed by atoms with Crippen LogP contribution in [0.25, 0.3) is 21.9 Å². The lowest BCUT2D eigenvalue weighted by molar-refractivity contribution is 0.509. The third-order valence-electron chi connectivity index (χ3n) is 6.10. The van der Waals surface area contributed by atoms with Crippen LogP contribution in [-0.2, 0) is 12.8 Å². The van der Waals surface area contributed by atoms with Crippen LogP contribution in [-0.4, -0.2) is 23.1 Å². The Labute approximate surface area is 193 Å². The summed E-state index contributed by atoms with van der Waals surface area (Å²) < 4.78 is 0. The number of fused-ring (bicyclic) bond motifs is 3. The first kappa shape index (κ1) is 22.3. The largest absolute Gasteiger partial charge is 0.372 e. The number of hydrogen-bond acceptors (Lipinski definition) is 5. The molecule has 0 saturated carbocycles. The lowest BCUT2D eigenvalue weighted by Crippen LogP contribution is -2.24. The number of benzene rings is 1. The van der Waals surface area contributed by atoms with Gasteiger partial charge in [-0.05, 0) is 67.4 Å². The topological polar surface area (TPSA) is 72.8 Å². The molecule has 2 aromatic heterocycles. The molecule has 1 aliphatic carbocycles. The van der Waals surface area contributed by atoms with Gasteiger partial charge >= 0.3 is 0 Å². The molecule has 32 heavy (non-hydrogen) atoms. The van der Waals surface area contributed by atoms with Gasteiger partial charge in [-0.3, -0.25) is 4.79 Å². The van der Waals surface area contributed by atoms with E-state index in [4.69, 9.17) is 4.98 Å². The van der Waals surface area contributed by atoms with E-state index < -0.39 is 0 Å². The zero-order chi connectivity index (χ0) is 22.7. The van der Waals surface area contributed by atoms with Crippen molar-refractivity contribution in [3.05, 3.63) is 56.4 Å². The Morgan fingerprint density at radius 3 is 2.66 bits per heavy atom. The van der Waals surface area contributed by atoms with Crippen LogP contribution in [0.5, 0.6) is 0 Å². The second-order valence-electron chi connectivity index (χ2n) is 8.69. The third-order valence-corrected chi connectivity index (χ3v) is 7.25. The Balaban J connectivity index is 1.66. The first-order valence-corrected chi connectivity index (χ1v) is 12.4. The minimum absolute atomic E-state index is 0.136. The summed E-state index contributed by atoms with van der Waals surface area (Å²) in [5.74, 6) is 0.983. The molecule has 1 atom stereocenters. The fourth-order valence-electron chi connectivity index (χ4n) is 4.49. The summed E-state index contributed by atoms with van der Waals surface area (Å²) in [6.45, 7) is 8.69. The highest BCUT2D eigenvalue weighted by molar-refractivity contribution is 7.18. The zero-order valence-corrected chi connectivity index (χ0v) is 19.9. The van der Waals surface area contributed by atoms with Crippen LogP contribution in [0.3, 0.4) is 0 Å². The second-order valence-corrected chi connectivity index (χ2v) is 9.78. The van der Waals surface area contributed by atoms with Gasteiger partial charge < -0.3 is 9.88 Å². The van der Waals surface area contributed by atoms with Gasteiger partial charge in [-0.1, -0.05) is 32.9 Å². The number of nitrogens with zero attached hydrogens (tertiary/aromatic N) is 3. The van der Waals surface area contributed by atoms with E-state index >= 15 is 0 Å². The van der Waals surface area contributed by atoms with E-state index in [-0.39, 0.29) is 5.56 Å². The van der Waals surface area contributed by atoms with Gasteiger partial charge in [-0.2, -0.15) is 5.26 Å². The van der Waals surface area contributed by atoms with Gasteiger partial charge in [-0.25, -0.2) is 4.98 Å². The normalized spacial score (nSPS) is 16.1. The quantitative estimate of drug-likeness (QED) is 0.466. The molecule has 6 heteroatoms. The number of nitriles is 1. The standard InChI is InChI=1S/C26H30N4OS/c1-4-12-30(13-5-2)20-9-7-18(8-10-20)15-19(16-27)24-28-25(31)23-21-11-6-17(3)14-22(21)32-26(23)29-24/h7-10,15,17H,4-6,11-14H2,1-3H3,(H,28,29,31)/b19-15+. The molecule has 0 bridgehead atoms. The first-order valence-electron chi connectivity index (χ1n) is 11.6. The summed E-state index contributed by atoms with van der Waals surface area (Å²) in [6, 6.07) is 10.5. The highest BCUT2D eigenvalue weighted by Gasteiger charge is 2.23. The molecule has 4 rings (SSSR count). The number of rotatable bonds is 7. The predicted octanol–water partition coefficient (Wildman–Crippen LogP) is 5.80. The van der Waals surface area contributed by atoms with Crippen molar-refractivity contribution in [3.8, 4) is 6.07 Å². The minimum atomic E-state index is -0.136. The van der Waals surface area contributed by atoms with Crippen molar-refractivity contribution in [2.24, 2.45) is 5.92 Å². The van der Waals surface area contributed by atoms with Crippen molar-refractivity contribution < 1.29 is 0 Å². The van der Waals surface area contributed by atoms with E-state index in [9.17, 15) is 10.1 Å². The van der Waals surface area contributed by atoms with Crippen LogP contribution < -0.4 is 10.5 Å². The molecule has 0 radical (unpaired) electrons. The van der Waals surface area contributed by atoms with Crippen molar-refractivity contribution >= 4 is 38.9 Å². The number of aromatic amines is 1. The number of thiophene rings is 1. The maximum atomic E-state index is 12.9. The predicted molar refractivity (Wildman–Crippen MR) is 134 cm³/mol. The minimum Gasteiger partial charge on any atom is -0.372 e. The Bertz CT molecular complexity index is 1220. The Hall–Kier alpha value is -2.91. The molecule has 166 valence electrons. The zero-order valence-electron chi connectivity index (χ0n) is 19.1. The lowest BCUT2D eigenvalue weighted by atomic mass is 9.89. The van der Waals surface area contributed by atoms with E-state index in [0.29, 0.717) is 22.7 Å². The number of allylic oxidation sites excluding steroid dienone is 1. The molecular formula is C26H30N4OS. The van der Waals surface area contributed by atoms with Crippen molar-refractivity contribution in [2.45, 2.75) is 52.9 Å². The van der Waals surface area contributed by atoms with E-state index in [2.05, 4.69) is 48.9 Å². The van der Waals surface area contributed by atoms with Gasteiger partial charge in [0, 0.05) is 23.7 Å². The van der Waals surface area contributed by atoms with Gasteiger partial charge in [0.1, 0.15) is 10.9 Å². The van der Waals surface area contributed by atoms with Gasteiger partial charge in [0.25, 0.3) is 5.56 Å². The van der Waals surface area contributed by atoms with Gasteiger partial charge in [0.2, 0.25) is 0 Å². The summed E-state index contributed by atoms with van der Waals surface area (Å²) in [5, 5.41) is 10.5. The molecule has 0 saturated heterocycles. The molecule has 1 N–H and O–H groups in total. The molecule has 3 aromatic rings. The number of H-pyrrole nitrogens is 1. The van der Waals surface area contributed by atoms with Crippen LogP contribution >= 0.6 is 11.3 Å². The summed E-state index contributed by atoms with van der Waals surface area (Å²) in [5.41, 5.74) is 3.50. The maximum absolute atomic E-state index is 12.9. The van der Waals surface area contributed by atoms with Crippen LogP contribution in [0.4, 0.5) is 5.69 Å². The molecule has 1 aliphatic rings. The van der Waals surface area contributed by atoms with Gasteiger partial charge in [0.15, 0.2) is 5.82 Å². The Kier molecular flexibility index (Phi) is 6.76. The number of anilines is 1. The number of nitrogens with one attached hydrogen (secondary N) is 1. The molecule has 2 heterocycles. The van der Waals surface area contributed by atoms with Crippen molar-refractivity contribution in [1.82, 2.24) is 9.97 Å². The molecule has 1 unspecified atom stereocenters. The van der Waals surface area contributed by atoms with E-state index in [1.807, 2.05) is 12.1 Å². The Morgan fingerprint density at radius 1 is 1.28 bits per heavy atom. The number of aromatic nitrogens is 2. The molecule has 1 aromatic carbocycles. The third kappa shape index (κ3) is 4.49. The number of hydrogen-bond donors (Lipinski definition) is 1. The summed E-state index contributed by atoms with van der Waals surface area (Å²) in [6.07, 6.45) is 7.05. The van der Waals surface area contributed by atoms with Crippen LogP contribution in [0.1, 0.15) is 61.9 Å². The molecule has 5 nitrogen and oxygen atoms in total. The van der Waals surface area contributed by atoms with Crippen molar-refractivity contribution in [3.63, 3.8) is 0 Å². The SMILES string of the molecule is CCCN(CCC)c1ccc(/C=C(\C#N)c2nc3sc4c(c3c(=O)[nH]2)CCC(C)C4)cc1. The second kappa shape index (κ2) is 9.70. The van der Waals surface area contributed by atoms with Crippen molar-refractivity contribution in [2.75, 3.05) is 18.0 Å².